The van der Waals surface area contributed by atoms with Crippen LogP contribution < -0.4 is 9.47 Å². The van der Waals surface area contributed by atoms with Crippen LogP contribution >= 0.6 is 0 Å². The van der Waals surface area contributed by atoms with Gasteiger partial charge in [0, 0.05) is 6.21 Å². The SMILES string of the molecule is CCCCCC(Oc1c(N=Cc2ccccc2)cccc1OC)C(C)F. The highest BCUT2D eigenvalue weighted by molar-refractivity contribution is 5.83. The first kappa shape index (κ1) is 20.0. The summed E-state index contributed by atoms with van der Waals surface area (Å²) in [5.74, 6) is 1.06. The number of unbranched alkanes of at least 4 members (excludes halogenated alkanes) is 2. The van der Waals surface area contributed by atoms with Crippen LogP contribution in [0.25, 0.3) is 0 Å². The van der Waals surface area contributed by atoms with Crippen molar-refractivity contribution in [3.05, 3.63) is 54.1 Å². The van der Waals surface area contributed by atoms with Crippen LogP contribution in [0.4, 0.5) is 10.1 Å². The zero-order valence-corrected chi connectivity index (χ0v) is 15.8. The Hall–Kier alpha value is -2.36. The van der Waals surface area contributed by atoms with E-state index < -0.39 is 12.3 Å². The summed E-state index contributed by atoms with van der Waals surface area (Å²) in [6.45, 7) is 3.67. The number of benzene rings is 2. The van der Waals surface area contributed by atoms with Gasteiger partial charge in [-0.2, -0.15) is 0 Å². The van der Waals surface area contributed by atoms with Crippen LogP contribution in [0.2, 0.25) is 0 Å². The van der Waals surface area contributed by atoms with Gasteiger partial charge in [0.15, 0.2) is 11.5 Å². The van der Waals surface area contributed by atoms with Crippen LogP contribution in [-0.4, -0.2) is 25.6 Å². The molecule has 0 radical (unpaired) electrons. The van der Waals surface area contributed by atoms with E-state index in [1.807, 2.05) is 48.5 Å². The minimum Gasteiger partial charge on any atom is -0.493 e. The van der Waals surface area contributed by atoms with E-state index in [2.05, 4.69) is 11.9 Å². The first-order chi connectivity index (χ1) is 12.7. The Morgan fingerprint density at radius 1 is 1.08 bits per heavy atom. The van der Waals surface area contributed by atoms with Gasteiger partial charge < -0.3 is 9.47 Å². The number of methoxy groups -OCH3 is 1. The molecule has 0 bridgehead atoms. The number of halogens is 1. The number of nitrogens with zero attached hydrogens (tertiary/aromatic N) is 1. The summed E-state index contributed by atoms with van der Waals surface area (Å²) in [4.78, 5) is 4.54. The molecule has 26 heavy (non-hydrogen) atoms. The summed E-state index contributed by atoms with van der Waals surface area (Å²) in [6, 6.07) is 15.3. The molecule has 2 aromatic carbocycles. The van der Waals surface area contributed by atoms with Crippen molar-refractivity contribution in [3.63, 3.8) is 0 Å². The average molecular weight is 357 g/mol. The zero-order chi connectivity index (χ0) is 18.8. The first-order valence-electron chi connectivity index (χ1n) is 9.22. The lowest BCUT2D eigenvalue weighted by Crippen LogP contribution is -2.26. The lowest BCUT2D eigenvalue weighted by Gasteiger charge is -2.22. The van der Waals surface area contributed by atoms with Gasteiger partial charge in [-0.25, -0.2) is 4.39 Å². The van der Waals surface area contributed by atoms with Crippen molar-refractivity contribution in [3.8, 4) is 11.5 Å². The molecule has 0 aliphatic rings. The molecule has 0 N–H and O–H groups in total. The van der Waals surface area contributed by atoms with Gasteiger partial charge >= 0.3 is 0 Å². The standard InChI is InChI=1S/C22H28FNO2/c1-4-5-7-14-20(17(2)23)26-22-19(13-10-15-21(22)25-3)24-16-18-11-8-6-9-12-18/h6,8-13,15-17,20H,4-5,7,14H2,1-3H3. The highest BCUT2D eigenvalue weighted by Gasteiger charge is 2.22. The van der Waals surface area contributed by atoms with Gasteiger partial charge in [0.1, 0.15) is 18.0 Å². The van der Waals surface area contributed by atoms with E-state index in [1.165, 1.54) is 0 Å². The molecule has 3 nitrogen and oxygen atoms in total. The quantitative estimate of drug-likeness (QED) is 0.378. The van der Waals surface area contributed by atoms with E-state index in [4.69, 9.17) is 9.47 Å². The Labute approximate surface area is 155 Å². The van der Waals surface area contributed by atoms with Crippen molar-refractivity contribution in [2.75, 3.05) is 7.11 Å². The third kappa shape index (κ3) is 5.87. The molecule has 0 aliphatic carbocycles. The molecule has 0 saturated carbocycles. The van der Waals surface area contributed by atoms with E-state index >= 15 is 0 Å². The second-order valence-corrected chi connectivity index (χ2v) is 6.31. The summed E-state index contributed by atoms with van der Waals surface area (Å²) in [7, 11) is 1.58. The van der Waals surface area contributed by atoms with E-state index in [0.717, 1.165) is 24.8 Å². The Bertz CT molecular complexity index is 686. The van der Waals surface area contributed by atoms with Crippen molar-refractivity contribution in [2.45, 2.75) is 51.8 Å². The van der Waals surface area contributed by atoms with Crippen LogP contribution in [0, 0.1) is 0 Å². The fraction of sp³-hybridized carbons (Fsp3) is 0.409. The minimum atomic E-state index is -1.07. The van der Waals surface area contributed by atoms with Gasteiger partial charge in [0.05, 0.1) is 7.11 Å². The molecule has 0 aromatic heterocycles. The monoisotopic (exact) mass is 357 g/mol. The minimum absolute atomic E-state index is 0.494. The van der Waals surface area contributed by atoms with Crippen molar-refractivity contribution >= 4 is 11.9 Å². The molecule has 2 unspecified atom stereocenters. The van der Waals surface area contributed by atoms with Gasteiger partial charge in [-0.3, -0.25) is 4.99 Å². The summed E-state index contributed by atoms with van der Waals surface area (Å²) >= 11 is 0. The number of hydrogen-bond acceptors (Lipinski definition) is 3. The Morgan fingerprint density at radius 3 is 2.50 bits per heavy atom. The van der Waals surface area contributed by atoms with E-state index in [0.29, 0.717) is 23.6 Å². The highest BCUT2D eigenvalue weighted by Crippen LogP contribution is 2.38. The first-order valence-corrected chi connectivity index (χ1v) is 9.22. The molecule has 0 amide bonds. The van der Waals surface area contributed by atoms with E-state index in [9.17, 15) is 4.39 Å². The van der Waals surface area contributed by atoms with Gasteiger partial charge in [-0.15, -0.1) is 0 Å². The average Bonchev–Trinajstić information content (AvgIpc) is 2.66. The smallest absolute Gasteiger partial charge is 0.187 e. The maximum atomic E-state index is 14.1. The van der Waals surface area contributed by atoms with Crippen LogP contribution in [0.15, 0.2) is 53.5 Å². The van der Waals surface area contributed by atoms with Gasteiger partial charge in [0.2, 0.25) is 0 Å². The molecule has 0 spiro atoms. The van der Waals surface area contributed by atoms with Crippen molar-refractivity contribution in [1.82, 2.24) is 0 Å². The maximum absolute atomic E-state index is 14.1. The molecule has 0 saturated heterocycles. The van der Waals surface area contributed by atoms with Gasteiger partial charge in [-0.1, -0.05) is 56.2 Å². The number of alkyl halides is 1. The van der Waals surface area contributed by atoms with Gasteiger partial charge in [-0.05, 0) is 37.5 Å². The summed E-state index contributed by atoms with van der Waals surface area (Å²) in [6.07, 6.45) is 3.96. The van der Waals surface area contributed by atoms with Crippen molar-refractivity contribution < 1.29 is 13.9 Å². The third-order valence-electron chi connectivity index (χ3n) is 4.20. The predicted octanol–water partition coefficient (Wildman–Crippen LogP) is 6.13. The topological polar surface area (TPSA) is 30.8 Å². The molecule has 4 heteroatoms. The third-order valence-corrected chi connectivity index (χ3v) is 4.20. The molecule has 2 rings (SSSR count). The van der Waals surface area contributed by atoms with Crippen LogP contribution in [0.3, 0.4) is 0 Å². The number of ether oxygens (including phenoxy) is 2. The Balaban J connectivity index is 2.25. The van der Waals surface area contributed by atoms with Crippen LogP contribution in [0.1, 0.15) is 45.1 Å². The summed E-state index contributed by atoms with van der Waals surface area (Å²) < 4.78 is 25.6. The summed E-state index contributed by atoms with van der Waals surface area (Å²) in [5.41, 5.74) is 1.62. The largest absolute Gasteiger partial charge is 0.493 e. The lowest BCUT2D eigenvalue weighted by molar-refractivity contribution is 0.0976. The van der Waals surface area contributed by atoms with Crippen molar-refractivity contribution in [2.24, 2.45) is 4.99 Å². The lowest BCUT2D eigenvalue weighted by atomic mass is 10.1. The summed E-state index contributed by atoms with van der Waals surface area (Å²) in [5, 5.41) is 0. The number of aliphatic imine (C=N–C) groups is 1. The second kappa shape index (κ2) is 10.6. The molecule has 140 valence electrons. The number of rotatable bonds is 10. The Kier molecular flexibility index (Phi) is 8.13. The number of hydrogen-bond donors (Lipinski definition) is 0. The molecule has 0 heterocycles. The van der Waals surface area contributed by atoms with Gasteiger partial charge in [0.25, 0.3) is 0 Å². The number of para-hydroxylation sites is 1. The predicted molar refractivity (Wildman–Crippen MR) is 106 cm³/mol. The zero-order valence-electron chi connectivity index (χ0n) is 15.8. The molecule has 2 aromatic rings. The van der Waals surface area contributed by atoms with Crippen LogP contribution in [-0.2, 0) is 0 Å². The van der Waals surface area contributed by atoms with Crippen LogP contribution in [0.5, 0.6) is 11.5 Å². The Morgan fingerprint density at radius 2 is 1.85 bits per heavy atom. The highest BCUT2D eigenvalue weighted by atomic mass is 19.1. The maximum Gasteiger partial charge on any atom is 0.187 e. The molecule has 0 aliphatic heterocycles. The molecular weight excluding hydrogens is 329 g/mol. The second-order valence-electron chi connectivity index (χ2n) is 6.31. The molecule has 2 atom stereocenters. The molecule has 0 fully saturated rings. The normalized spacial score (nSPS) is 13.5. The van der Waals surface area contributed by atoms with E-state index in [-0.39, 0.29) is 0 Å². The fourth-order valence-corrected chi connectivity index (χ4v) is 2.70. The molecular formula is C22H28FNO2. The van der Waals surface area contributed by atoms with E-state index in [1.54, 1.807) is 20.2 Å². The van der Waals surface area contributed by atoms with Crippen molar-refractivity contribution in [1.29, 1.82) is 0 Å². The fourth-order valence-electron chi connectivity index (χ4n) is 2.70.